The average Bonchev–Trinajstić information content (AvgIpc) is 2.74. The highest BCUT2D eigenvalue weighted by molar-refractivity contribution is 5.95. The molecule has 1 aromatic heterocycles. The summed E-state index contributed by atoms with van der Waals surface area (Å²) < 4.78 is 66.3. The van der Waals surface area contributed by atoms with E-state index in [4.69, 9.17) is 9.47 Å². The van der Waals surface area contributed by atoms with Gasteiger partial charge in [0, 0.05) is 12.4 Å². The number of benzene rings is 2. The molecule has 0 radical (unpaired) electrons. The number of amides is 1. The van der Waals surface area contributed by atoms with E-state index in [0.717, 1.165) is 6.07 Å². The molecule has 0 fully saturated rings. The molecule has 1 aliphatic heterocycles. The predicted octanol–water partition coefficient (Wildman–Crippen LogP) is 4.69. The molecule has 2 heterocycles. The van der Waals surface area contributed by atoms with Crippen LogP contribution in [0, 0.1) is 5.82 Å². The van der Waals surface area contributed by atoms with Crippen molar-refractivity contribution in [2.45, 2.75) is 12.3 Å². The SMILES string of the molecule is O=C(Nc1cc(C(F)(F)F)c(-c2ccncc2)cc1F)C1COc2ccccc2O1. The summed E-state index contributed by atoms with van der Waals surface area (Å²) in [7, 11) is 0. The number of hydrogen-bond donors (Lipinski definition) is 1. The molecule has 1 atom stereocenters. The summed E-state index contributed by atoms with van der Waals surface area (Å²) in [5, 5.41) is 2.17. The molecule has 0 bridgehead atoms. The van der Waals surface area contributed by atoms with Crippen molar-refractivity contribution < 1.29 is 31.8 Å². The second-order valence-electron chi connectivity index (χ2n) is 6.46. The van der Waals surface area contributed by atoms with Crippen molar-refractivity contribution in [1.29, 1.82) is 0 Å². The van der Waals surface area contributed by atoms with Gasteiger partial charge in [0.25, 0.3) is 5.91 Å². The lowest BCUT2D eigenvalue weighted by atomic mass is 9.99. The second kappa shape index (κ2) is 7.66. The minimum absolute atomic E-state index is 0.148. The molecule has 5 nitrogen and oxygen atoms in total. The Hall–Kier alpha value is -3.62. The Morgan fingerprint density at radius 2 is 1.77 bits per heavy atom. The molecule has 1 aliphatic rings. The number of fused-ring (bicyclic) bond motifs is 1. The summed E-state index contributed by atoms with van der Waals surface area (Å²) >= 11 is 0. The fourth-order valence-corrected chi connectivity index (χ4v) is 3.04. The van der Waals surface area contributed by atoms with Crippen molar-refractivity contribution in [3.63, 3.8) is 0 Å². The average molecular weight is 418 g/mol. The van der Waals surface area contributed by atoms with Crippen LogP contribution in [0.5, 0.6) is 11.5 Å². The van der Waals surface area contributed by atoms with Crippen molar-refractivity contribution in [3.05, 3.63) is 72.3 Å². The largest absolute Gasteiger partial charge is 0.485 e. The van der Waals surface area contributed by atoms with Gasteiger partial charge >= 0.3 is 6.18 Å². The van der Waals surface area contributed by atoms with E-state index in [-0.39, 0.29) is 17.7 Å². The number of nitrogens with one attached hydrogen (secondary N) is 1. The third-order valence-electron chi connectivity index (χ3n) is 4.46. The standard InChI is InChI=1S/C21H14F4N2O3/c22-15-9-13(12-5-7-26-8-6-12)14(21(23,24)25)10-16(15)27-20(28)19-11-29-17-3-1-2-4-18(17)30-19/h1-10,19H,11H2,(H,27,28). The molecule has 1 N–H and O–H groups in total. The van der Waals surface area contributed by atoms with Crippen LogP contribution in [0.2, 0.25) is 0 Å². The number of alkyl halides is 3. The van der Waals surface area contributed by atoms with E-state index in [1.807, 2.05) is 0 Å². The maximum atomic E-state index is 14.6. The van der Waals surface area contributed by atoms with Crippen LogP contribution >= 0.6 is 0 Å². The van der Waals surface area contributed by atoms with Crippen LogP contribution in [-0.2, 0) is 11.0 Å². The molecule has 1 amide bonds. The van der Waals surface area contributed by atoms with E-state index in [9.17, 15) is 22.4 Å². The Balaban J connectivity index is 1.63. The van der Waals surface area contributed by atoms with E-state index in [1.54, 1.807) is 24.3 Å². The minimum atomic E-state index is -4.77. The summed E-state index contributed by atoms with van der Waals surface area (Å²) in [6.45, 7) is -0.161. The van der Waals surface area contributed by atoms with Crippen molar-refractivity contribution >= 4 is 11.6 Å². The van der Waals surface area contributed by atoms with Crippen LogP contribution in [0.25, 0.3) is 11.1 Å². The summed E-state index contributed by atoms with van der Waals surface area (Å²) in [6, 6.07) is 10.6. The van der Waals surface area contributed by atoms with E-state index >= 15 is 0 Å². The molecule has 30 heavy (non-hydrogen) atoms. The lowest BCUT2D eigenvalue weighted by Crippen LogP contribution is -2.40. The Labute approximate surface area is 168 Å². The van der Waals surface area contributed by atoms with E-state index < -0.39 is 35.3 Å². The van der Waals surface area contributed by atoms with E-state index in [2.05, 4.69) is 10.3 Å². The first-order valence-corrected chi connectivity index (χ1v) is 8.83. The molecule has 0 aliphatic carbocycles. The summed E-state index contributed by atoms with van der Waals surface area (Å²) in [5.41, 5.74) is -1.90. The number of carbonyl (C=O) groups excluding carboxylic acids is 1. The zero-order valence-electron chi connectivity index (χ0n) is 15.2. The Morgan fingerprint density at radius 1 is 1.07 bits per heavy atom. The van der Waals surface area contributed by atoms with Gasteiger partial charge < -0.3 is 14.8 Å². The second-order valence-corrected chi connectivity index (χ2v) is 6.46. The number of anilines is 1. The lowest BCUT2D eigenvalue weighted by Gasteiger charge is -2.25. The molecule has 154 valence electrons. The number of ether oxygens (including phenoxy) is 2. The molecular formula is C21H14F4N2O3. The van der Waals surface area contributed by atoms with Gasteiger partial charge in [-0.1, -0.05) is 12.1 Å². The van der Waals surface area contributed by atoms with Crippen molar-refractivity contribution in [3.8, 4) is 22.6 Å². The van der Waals surface area contributed by atoms with Crippen LogP contribution in [0.1, 0.15) is 5.56 Å². The van der Waals surface area contributed by atoms with Crippen LogP contribution in [0.3, 0.4) is 0 Å². The topological polar surface area (TPSA) is 60.5 Å². The van der Waals surface area contributed by atoms with Gasteiger partial charge in [0.05, 0.1) is 11.3 Å². The highest BCUT2D eigenvalue weighted by Crippen LogP contribution is 2.40. The van der Waals surface area contributed by atoms with E-state index in [1.165, 1.54) is 24.5 Å². The summed E-state index contributed by atoms with van der Waals surface area (Å²) in [5.74, 6) is -1.09. The van der Waals surface area contributed by atoms with Gasteiger partial charge in [-0.25, -0.2) is 4.39 Å². The quantitative estimate of drug-likeness (QED) is 0.628. The predicted molar refractivity (Wildman–Crippen MR) is 99.6 cm³/mol. The third-order valence-corrected chi connectivity index (χ3v) is 4.46. The van der Waals surface area contributed by atoms with Crippen LogP contribution in [0.4, 0.5) is 23.2 Å². The number of hydrogen-bond acceptors (Lipinski definition) is 4. The molecule has 3 aromatic rings. The fraction of sp³-hybridized carbons (Fsp3) is 0.143. The van der Waals surface area contributed by atoms with Gasteiger partial charge in [0.2, 0.25) is 6.10 Å². The lowest BCUT2D eigenvalue weighted by molar-refractivity contribution is -0.137. The van der Waals surface area contributed by atoms with Gasteiger partial charge in [-0.2, -0.15) is 13.2 Å². The molecule has 0 spiro atoms. The maximum absolute atomic E-state index is 14.6. The van der Waals surface area contributed by atoms with Gasteiger partial charge in [-0.3, -0.25) is 9.78 Å². The fourth-order valence-electron chi connectivity index (χ4n) is 3.04. The zero-order chi connectivity index (χ0) is 21.3. The van der Waals surface area contributed by atoms with Gasteiger partial charge in [-0.05, 0) is 47.5 Å². The molecule has 1 unspecified atom stereocenters. The summed E-state index contributed by atoms with van der Waals surface area (Å²) in [6.07, 6.45) is -3.30. The van der Waals surface area contributed by atoms with Crippen molar-refractivity contribution in [1.82, 2.24) is 4.98 Å². The van der Waals surface area contributed by atoms with Gasteiger partial charge in [-0.15, -0.1) is 0 Å². The van der Waals surface area contributed by atoms with Gasteiger partial charge in [0.1, 0.15) is 12.4 Å². The minimum Gasteiger partial charge on any atom is -0.485 e. The molecule has 0 saturated carbocycles. The normalized spacial score (nSPS) is 15.5. The highest BCUT2D eigenvalue weighted by atomic mass is 19.4. The number of para-hydroxylation sites is 2. The number of pyridine rings is 1. The first kappa shape index (κ1) is 19.7. The Morgan fingerprint density at radius 3 is 2.47 bits per heavy atom. The first-order chi connectivity index (χ1) is 14.3. The Kier molecular flexibility index (Phi) is 5.03. The van der Waals surface area contributed by atoms with Crippen LogP contribution in [-0.4, -0.2) is 23.6 Å². The third kappa shape index (κ3) is 3.91. The smallest absolute Gasteiger partial charge is 0.417 e. The number of halogens is 4. The number of nitrogens with zero attached hydrogens (tertiary/aromatic N) is 1. The number of carbonyl (C=O) groups is 1. The molecule has 2 aromatic carbocycles. The van der Waals surface area contributed by atoms with Crippen molar-refractivity contribution in [2.24, 2.45) is 0 Å². The molecule has 9 heteroatoms. The van der Waals surface area contributed by atoms with Crippen LogP contribution < -0.4 is 14.8 Å². The first-order valence-electron chi connectivity index (χ1n) is 8.83. The molecular weight excluding hydrogens is 404 g/mol. The van der Waals surface area contributed by atoms with E-state index in [0.29, 0.717) is 17.6 Å². The summed E-state index contributed by atoms with van der Waals surface area (Å²) in [4.78, 5) is 16.2. The van der Waals surface area contributed by atoms with Gasteiger partial charge in [0.15, 0.2) is 11.5 Å². The monoisotopic (exact) mass is 418 g/mol. The zero-order valence-corrected chi connectivity index (χ0v) is 15.2. The Bertz CT molecular complexity index is 1090. The molecule has 4 rings (SSSR count). The number of aromatic nitrogens is 1. The number of rotatable bonds is 3. The molecule has 0 saturated heterocycles. The maximum Gasteiger partial charge on any atom is 0.417 e. The van der Waals surface area contributed by atoms with Crippen LogP contribution in [0.15, 0.2) is 60.9 Å². The highest BCUT2D eigenvalue weighted by Gasteiger charge is 2.36. The van der Waals surface area contributed by atoms with Crippen molar-refractivity contribution in [2.75, 3.05) is 11.9 Å².